The first-order valence-electron chi connectivity index (χ1n) is 8.47. The lowest BCUT2D eigenvalue weighted by atomic mass is 9.91. The van der Waals surface area contributed by atoms with E-state index in [1.807, 2.05) is 35.9 Å². The molecule has 0 atom stereocenters. The Morgan fingerprint density at radius 1 is 1.29 bits per heavy atom. The van der Waals surface area contributed by atoms with Crippen LogP contribution in [0.1, 0.15) is 48.7 Å². The van der Waals surface area contributed by atoms with E-state index in [0.717, 1.165) is 48.0 Å². The lowest BCUT2D eigenvalue weighted by molar-refractivity contribution is 0.0925. The van der Waals surface area contributed by atoms with Gasteiger partial charge in [0.15, 0.2) is 0 Å². The van der Waals surface area contributed by atoms with Crippen molar-refractivity contribution < 1.29 is 4.79 Å². The van der Waals surface area contributed by atoms with Crippen LogP contribution in [0.5, 0.6) is 0 Å². The van der Waals surface area contributed by atoms with Crippen LogP contribution in [0.25, 0.3) is 5.69 Å². The second-order valence-electron chi connectivity index (χ2n) is 6.33. The predicted molar refractivity (Wildman–Crippen MR) is 98.3 cm³/mol. The first-order valence-corrected chi connectivity index (χ1v) is 9.27. The fourth-order valence-corrected chi connectivity index (χ4v) is 3.50. The molecule has 0 unspecified atom stereocenters. The molecule has 1 aliphatic carbocycles. The highest BCUT2D eigenvalue weighted by molar-refractivity contribution is 9.10. The number of benzene rings is 1. The highest BCUT2D eigenvalue weighted by Crippen LogP contribution is 2.20. The molecule has 0 radical (unpaired) electrons. The summed E-state index contributed by atoms with van der Waals surface area (Å²) < 4.78 is 2.86. The number of nitrogens with zero attached hydrogens (tertiary/aromatic N) is 2. The number of nitrogens with two attached hydrogens (primary N) is 1. The summed E-state index contributed by atoms with van der Waals surface area (Å²) in [7, 11) is 0. The van der Waals surface area contributed by atoms with Gasteiger partial charge in [0, 0.05) is 16.6 Å². The zero-order chi connectivity index (χ0) is 17.1. The molecule has 1 saturated carbocycles. The van der Waals surface area contributed by atoms with E-state index in [-0.39, 0.29) is 18.0 Å². The Morgan fingerprint density at radius 2 is 1.96 bits per heavy atom. The van der Waals surface area contributed by atoms with Crippen molar-refractivity contribution in [3.05, 3.63) is 46.2 Å². The van der Waals surface area contributed by atoms with Crippen LogP contribution in [0, 0.1) is 0 Å². The zero-order valence-corrected chi connectivity index (χ0v) is 15.4. The van der Waals surface area contributed by atoms with Crippen LogP contribution in [-0.2, 0) is 6.42 Å². The summed E-state index contributed by atoms with van der Waals surface area (Å²) in [6.45, 7) is 2.04. The third-order valence-corrected chi connectivity index (χ3v) is 5.16. The number of rotatable bonds is 4. The molecular weight excluding hydrogens is 368 g/mol. The fraction of sp³-hybridized carbons (Fsp3) is 0.444. The Balaban J connectivity index is 1.78. The minimum atomic E-state index is -0.0318. The van der Waals surface area contributed by atoms with Crippen molar-refractivity contribution in [3.8, 4) is 5.69 Å². The lowest BCUT2D eigenvalue weighted by Gasteiger charge is -2.26. The second-order valence-corrected chi connectivity index (χ2v) is 7.25. The van der Waals surface area contributed by atoms with Crippen LogP contribution in [0.15, 0.2) is 34.9 Å². The number of aromatic nitrogens is 2. The van der Waals surface area contributed by atoms with Gasteiger partial charge in [-0.25, -0.2) is 4.68 Å². The third-order valence-electron chi connectivity index (χ3n) is 4.63. The van der Waals surface area contributed by atoms with Gasteiger partial charge in [-0.3, -0.25) is 4.79 Å². The SMILES string of the molecule is CCc1c(C(=O)NC2CCC(N)CC2)cnn1-c1ccc(Br)cc1. The van der Waals surface area contributed by atoms with Crippen LogP contribution >= 0.6 is 15.9 Å². The first kappa shape index (κ1) is 17.2. The van der Waals surface area contributed by atoms with Crippen LogP contribution in [-0.4, -0.2) is 27.8 Å². The van der Waals surface area contributed by atoms with Gasteiger partial charge in [0.2, 0.25) is 0 Å². The van der Waals surface area contributed by atoms with Gasteiger partial charge in [-0.15, -0.1) is 0 Å². The largest absolute Gasteiger partial charge is 0.349 e. The molecule has 1 fully saturated rings. The number of amides is 1. The number of carbonyl (C=O) groups excluding carboxylic acids is 1. The van der Waals surface area contributed by atoms with Gasteiger partial charge in [-0.1, -0.05) is 22.9 Å². The molecule has 24 heavy (non-hydrogen) atoms. The van der Waals surface area contributed by atoms with E-state index in [2.05, 4.69) is 26.3 Å². The summed E-state index contributed by atoms with van der Waals surface area (Å²) in [5, 5.41) is 7.58. The Kier molecular flexibility index (Phi) is 5.36. The Hall–Kier alpha value is -1.66. The topological polar surface area (TPSA) is 72.9 Å². The summed E-state index contributed by atoms with van der Waals surface area (Å²) in [5.41, 5.74) is 8.48. The highest BCUT2D eigenvalue weighted by Gasteiger charge is 2.23. The molecule has 0 saturated heterocycles. The van der Waals surface area contributed by atoms with Crippen molar-refractivity contribution in [2.45, 2.75) is 51.1 Å². The molecule has 0 bridgehead atoms. The molecule has 0 aliphatic heterocycles. The van der Waals surface area contributed by atoms with Crippen LogP contribution in [0.2, 0.25) is 0 Å². The van der Waals surface area contributed by atoms with Crippen LogP contribution in [0.3, 0.4) is 0 Å². The Bertz CT molecular complexity index is 702. The molecule has 2 aromatic rings. The van der Waals surface area contributed by atoms with Gasteiger partial charge in [0.1, 0.15) is 0 Å². The van der Waals surface area contributed by atoms with E-state index < -0.39 is 0 Å². The average molecular weight is 391 g/mol. The highest BCUT2D eigenvalue weighted by atomic mass is 79.9. The van der Waals surface area contributed by atoms with Gasteiger partial charge in [0.05, 0.1) is 23.1 Å². The maximum Gasteiger partial charge on any atom is 0.254 e. The molecular formula is C18H23BrN4O. The number of hydrogen-bond donors (Lipinski definition) is 2. The Morgan fingerprint density at radius 3 is 2.58 bits per heavy atom. The number of hydrogen-bond acceptors (Lipinski definition) is 3. The summed E-state index contributed by atoms with van der Waals surface area (Å²) in [4.78, 5) is 12.7. The molecule has 1 heterocycles. The van der Waals surface area contributed by atoms with Gasteiger partial charge >= 0.3 is 0 Å². The van der Waals surface area contributed by atoms with Gasteiger partial charge < -0.3 is 11.1 Å². The normalized spacial score (nSPS) is 20.8. The summed E-state index contributed by atoms with van der Waals surface area (Å²) in [6.07, 6.45) is 6.27. The molecule has 128 valence electrons. The van der Waals surface area contributed by atoms with Crippen molar-refractivity contribution >= 4 is 21.8 Å². The number of carbonyl (C=O) groups is 1. The molecule has 1 aromatic carbocycles. The summed E-state index contributed by atoms with van der Waals surface area (Å²) >= 11 is 3.44. The third kappa shape index (κ3) is 3.70. The van der Waals surface area contributed by atoms with Gasteiger partial charge in [-0.2, -0.15) is 5.10 Å². The average Bonchev–Trinajstić information content (AvgIpc) is 3.01. The zero-order valence-electron chi connectivity index (χ0n) is 13.8. The second kappa shape index (κ2) is 7.49. The lowest BCUT2D eigenvalue weighted by Crippen LogP contribution is -2.40. The molecule has 1 aromatic heterocycles. The van der Waals surface area contributed by atoms with Crippen molar-refractivity contribution in [3.63, 3.8) is 0 Å². The van der Waals surface area contributed by atoms with Crippen molar-refractivity contribution in [2.75, 3.05) is 0 Å². The van der Waals surface area contributed by atoms with Crippen molar-refractivity contribution in [2.24, 2.45) is 5.73 Å². The first-order chi connectivity index (χ1) is 11.6. The van der Waals surface area contributed by atoms with E-state index >= 15 is 0 Å². The number of nitrogens with one attached hydrogen (secondary N) is 1. The molecule has 0 spiro atoms. The monoisotopic (exact) mass is 390 g/mol. The van der Waals surface area contributed by atoms with Crippen molar-refractivity contribution in [1.29, 1.82) is 0 Å². The van der Waals surface area contributed by atoms with E-state index in [1.54, 1.807) is 6.20 Å². The van der Waals surface area contributed by atoms with Crippen LogP contribution < -0.4 is 11.1 Å². The van der Waals surface area contributed by atoms with Crippen LogP contribution in [0.4, 0.5) is 0 Å². The summed E-state index contributed by atoms with van der Waals surface area (Å²) in [5.74, 6) is -0.0318. The minimum Gasteiger partial charge on any atom is -0.349 e. The van der Waals surface area contributed by atoms with E-state index in [0.29, 0.717) is 5.56 Å². The predicted octanol–water partition coefficient (Wildman–Crippen LogP) is 3.20. The number of halogens is 1. The maximum atomic E-state index is 12.7. The molecule has 3 rings (SSSR count). The molecule has 1 aliphatic rings. The van der Waals surface area contributed by atoms with E-state index in [9.17, 15) is 4.79 Å². The van der Waals surface area contributed by atoms with E-state index in [1.165, 1.54) is 0 Å². The smallest absolute Gasteiger partial charge is 0.254 e. The molecule has 6 heteroatoms. The summed E-state index contributed by atoms with van der Waals surface area (Å²) in [6, 6.07) is 8.42. The maximum absolute atomic E-state index is 12.7. The van der Waals surface area contributed by atoms with E-state index in [4.69, 9.17) is 5.73 Å². The standard InChI is InChI=1S/C18H23BrN4O/c1-2-17-16(18(24)22-14-7-5-13(20)6-8-14)11-21-23(17)15-9-3-12(19)4-10-15/h3-4,9-11,13-14H,2,5-8,20H2,1H3,(H,22,24). The molecule has 5 nitrogen and oxygen atoms in total. The van der Waals surface area contributed by atoms with Crippen molar-refractivity contribution in [1.82, 2.24) is 15.1 Å². The molecule has 3 N–H and O–H groups in total. The fourth-order valence-electron chi connectivity index (χ4n) is 3.24. The van der Waals surface area contributed by atoms with Gasteiger partial charge in [-0.05, 0) is 56.4 Å². The quantitative estimate of drug-likeness (QED) is 0.841. The molecule has 1 amide bonds. The van der Waals surface area contributed by atoms with Gasteiger partial charge in [0.25, 0.3) is 5.91 Å². The Labute approximate surface area is 150 Å². The minimum absolute atomic E-state index is 0.0318.